The number of rotatable bonds is 6. The quantitative estimate of drug-likeness (QED) is 0.252. The molecule has 1 aliphatic heterocycles. The number of carbonyl (C=O) groups is 1. The molecule has 3 heterocycles. The summed E-state index contributed by atoms with van der Waals surface area (Å²) < 4.78 is 10.5. The number of nitrogens with zero attached hydrogens (tertiary/aromatic N) is 4. The number of aliphatic hydroxyl groups excluding tert-OH is 1. The summed E-state index contributed by atoms with van der Waals surface area (Å²) in [5, 5.41) is 11.4. The molecular formula is C38H38N4O3. The van der Waals surface area contributed by atoms with E-state index in [0.29, 0.717) is 29.2 Å². The fraction of sp³-hybridized carbons (Fsp3) is 0.421. The molecule has 1 N–H and O–H groups in total. The van der Waals surface area contributed by atoms with Gasteiger partial charge in [0, 0.05) is 42.6 Å². The number of benzene rings is 3. The van der Waals surface area contributed by atoms with Crippen molar-refractivity contribution >= 4 is 27.8 Å². The van der Waals surface area contributed by atoms with Crippen molar-refractivity contribution in [3.63, 3.8) is 0 Å². The van der Waals surface area contributed by atoms with Crippen LogP contribution in [0.1, 0.15) is 47.2 Å². The molecule has 5 aliphatic rings. The van der Waals surface area contributed by atoms with Crippen molar-refractivity contribution in [2.75, 3.05) is 13.7 Å². The minimum absolute atomic E-state index is 0.122. The van der Waals surface area contributed by atoms with Gasteiger partial charge in [-0.2, -0.15) is 0 Å². The molecular weight excluding hydrogens is 560 g/mol. The van der Waals surface area contributed by atoms with E-state index in [9.17, 15) is 9.90 Å². The molecule has 1 saturated heterocycles. The van der Waals surface area contributed by atoms with Crippen molar-refractivity contribution in [3.8, 4) is 28.4 Å². The molecule has 0 bridgehead atoms. The maximum absolute atomic E-state index is 13.8. The molecule has 45 heavy (non-hydrogen) atoms. The molecule has 7 nitrogen and oxygen atoms in total. The number of imidazole rings is 1. The van der Waals surface area contributed by atoms with Crippen molar-refractivity contribution in [1.29, 1.82) is 0 Å². The Bertz CT molecular complexity index is 2070. The van der Waals surface area contributed by atoms with E-state index < -0.39 is 0 Å². The van der Waals surface area contributed by atoms with Crippen molar-refractivity contribution in [3.05, 3.63) is 71.3 Å². The number of likely N-dealkylation sites (tertiary alicyclic amines) is 1. The lowest BCUT2D eigenvalue weighted by atomic mass is 9.53. The van der Waals surface area contributed by atoms with Crippen LogP contribution in [0.5, 0.6) is 5.75 Å². The van der Waals surface area contributed by atoms with Gasteiger partial charge in [0.1, 0.15) is 11.3 Å². The van der Waals surface area contributed by atoms with Gasteiger partial charge < -0.3 is 23.9 Å². The third kappa shape index (κ3) is 3.79. The number of aryl methyl sites for hydroxylation is 1. The predicted molar refractivity (Wildman–Crippen MR) is 174 cm³/mol. The Morgan fingerprint density at radius 1 is 0.978 bits per heavy atom. The molecule has 5 aromatic rings. The van der Waals surface area contributed by atoms with Gasteiger partial charge in [-0.25, -0.2) is 4.98 Å². The van der Waals surface area contributed by atoms with E-state index in [2.05, 4.69) is 63.5 Å². The highest BCUT2D eigenvalue weighted by Gasteiger charge is 2.61. The zero-order valence-electron chi connectivity index (χ0n) is 25.9. The molecule has 4 fully saturated rings. The molecule has 1 amide bonds. The van der Waals surface area contributed by atoms with Crippen LogP contribution in [0, 0.1) is 23.7 Å². The van der Waals surface area contributed by atoms with Crippen LogP contribution < -0.4 is 4.74 Å². The van der Waals surface area contributed by atoms with E-state index >= 15 is 0 Å². The lowest BCUT2D eigenvalue weighted by Crippen LogP contribution is -2.53. The van der Waals surface area contributed by atoms with Crippen molar-refractivity contribution in [2.45, 2.75) is 57.2 Å². The number of hydrogen-bond donors (Lipinski definition) is 1. The Morgan fingerprint density at radius 3 is 2.60 bits per heavy atom. The fourth-order valence-electron chi connectivity index (χ4n) is 9.33. The molecule has 4 aliphatic carbocycles. The summed E-state index contributed by atoms with van der Waals surface area (Å²) >= 11 is 0. The Balaban J connectivity index is 1.07. The number of hydrogen-bond acceptors (Lipinski definition) is 4. The highest BCUT2D eigenvalue weighted by molar-refractivity contribution is 6.00. The second-order valence-electron chi connectivity index (χ2n) is 14.5. The molecule has 4 unspecified atom stereocenters. The summed E-state index contributed by atoms with van der Waals surface area (Å²) in [4.78, 5) is 21.2. The first-order valence-electron chi connectivity index (χ1n) is 16.7. The van der Waals surface area contributed by atoms with Gasteiger partial charge in [0.15, 0.2) is 5.82 Å². The van der Waals surface area contributed by atoms with Gasteiger partial charge in [0.25, 0.3) is 5.91 Å². The van der Waals surface area contributed by atoms with Gasteiger partial charge >= 0.3 is 0 Å². The average Bonchev–Trinajstić information content (AvgIpc) is 3.55. The second kappa shape index (κ2) is 9.23. The summed E-state index contributed by atoms with van der Waals surface area (Å²) in [7, 11) is 3.75. The van der Waals surface area contributed by atoms with Gasteiger partial charge in [0.2, 0.25) is 0 Å². The van der Waals surface area contributed by atoms with Crippen molar-refractivity contribution < 1.29 is 14.6 Å². The van der Waals surface area contributed by atoms with Crippen LogP contribution in [0.25, 0.3) is 44.6 Å². The number of amides is 1. The molecule has 7 heteroatoms. The Morgan fingerprint density at radius 2 is 1.80 bits per heavy atom. The Kier molecular flexibility index (Phi) is 5.36. The average molecular weight is 599 g/mol. The maximum atomic E-state index is 13.8. The first kappa shape index (κ1) is 26.1. The number of aromatic nitrogens is 3. The molecule has 0 radical (unpaired) electrons. The highest BCUT2D eigenvalue weighted by atomic mass is 16.5. The number of ether oxygens (including phenoxy) is 1. The van der Waals surface area contributed by atoms with Gasteiger partial charge in [0.05, 0.1) is 24.4 Å². The molecule has 5 atom stereocenters. The Hall–Kier alpha value is -4.10. The highest BCUT2D eigenvalue weighted by Crippen LogP contribution is 2.60. The van der Waals surface area contributed by atoms with Gasteiger partial charge in [-0.05, 0) is 109 Å². The van der Waals surface area contributed by atoms with E-state index in [-0.39, 0.29) is 12.0 Å². The van der Waals surface area contributed by atoms with Crippen LogP contribution in [0.4, 0.5) is 0 Å². The minimum Gasteiger partial charge on any atom is -0.494 e. The largest absolute Gasteiger partial charge is 0.494 e. The van der Waals surface area contributed by atoms with E-state index in [1.54, 1.807) is 7.11 Å². The summed E-state index contributed by atoms with van der Waals surface area (Å²) in [6, 6.07) is 20.0. The zero-order chi connectivity index (χ0) is 30.1. The second-order valence-corrected chi connectivity index (χ2v) is 14.5. The maximum Gasteiger partial charge on any atom is 0.254 e. The van der Waals surface area contributed by atoms with Crippen LogP contribution in [0.15, 0.2) is 54.6 Å². The smallest absolute Gasteiger partial charge is 0.254 e. The third-order valence-corrected chi connectivity index (χ3v) is 11.9. The Labute approximate surface area is 262 Å². The third-order valence-electron chi connectivity index (χ3n) is 11.9. The number of carbonyl (C=O) groups excluding carboxylic acids is 1. The molecule has 228 valence electrons. The van der Waals surface area contributed by atoms with Crippen LogP contribution in [-0.2, 0) is 26.4 Å². The van der Waals surface area contributed by atoms with Gasteiger partial charge in [-0.15, -0.1) is 0 Å². The lowest BCUT2D eigenvalue weighted by molar-refractivity contribution is -0.0204. The molecule has 3 saturated carbocycles. The van der Waals surface area contributed by atoms with Crippen molar-refractivity contribution in [2.24, 2.45) is 30.7 Å². The molecule has 2 aromatic heterocycles. The van der Waals surface area contributed by atoms with Gasteiger partial charge in [-0.1, -0.05) is 30.3 Å². The van der Waals surface area contributed by atoms with Crippen LogP contribution >= 0.6 is 0 Å². The summed E-state index contributed by atoms with van der Waals surface area (Å²) in [5.41, 5.74) is 9.61. The number of fused-ring (bicyclic) bond motifs is 3. The zero-order valence-corrected chi connectivity index (χ0v) is 25.9. The normalized spacial score (nSPS) is 26.2. The number of methoxy groups -OCH3 is 1. The minimum atomic E-state index is -0.266. The topological polar surface area (TPSA) is 72.5 Å². The standard InChI is InChI=1S/C38H38N4O3/c1-40-36-30(13-27(17-34(36)45-2)38(44)42-19-28-10-26-16-32(42)35(26)28)39-37(40)33-15-24-8-7-23(14-31(24)41(33)18-20-3-4-20)21-5-6-22-11-29(43)12-25(22)9-21/h5-9,13-15,17,20,26,28-29,32,35,43H,3-4,10-12,16,18-19H2,1-2H3/t26?,28?,29?,32?,35-/m1/s1. The first-order valence-corrected chi connectivity index (χ1v) is 16.7. The van der Waals surface area contributed by atoms with Crippen molar-refractivity contribution in [1.82, 2.24) is 19.0 Å². The predicted octanol–water partition coefficient (Wildman–Crippen LogP) is 6.22. The molecule has 10 rings (SSSR count). The fourth-order valence-corrected chi connectivity index (χ4v) is 9.33. The summed E-state index contributed by atoms with van der Waals surface area (Å²) in [6.45, 7) is 1.86. The summed E-state index contributed by atoms with van der Waals surface area (Å²) in [6.07, 6.45) is 6.20. The monoisotopic (exact) mass is 598 g/mol. The van der Waals surface area contributed by atoms with Crippen LogP contribution in [0.3, 0.4) is 0 Å². The van der Waals surface area contributed by atoms with E-state index in [4.69, 9.17) is 9.72 Å². The van der Waals surface area contributed by atoms with E-state index in [1.165, 1.54) is 58.8 Å². The van der Waals surface area contributed by atoms with E-state index in [1.807, 2.05) is 12.1 Å². The van der Waals surface area contributed by atoms with E-state index in [0.717, 1.165) is 60.3 Å². The SMILES string of the molecule is COc1cc(C(=O)N2CC3CC4CC2[C@H]43)cc2nc(-c3cc4ccc(-c5ccc6c(c5)CC(O)C6)cc4n3CC3CC3)n(C)c12. The molecule has 0 spiro atoms. The molecule has 3 aromatic carbocycles. The van der Waals surface area contributed by atoms with Gasteiger partial charge in [-0.3, -0.25) is 4.79 Å². The lowest BCUT2D eigenvalue weighted by Gasteiger charge is -2.52. The first-order chi connectivity index (χ1) is 21.9. The van der Waals surface area contributed by atoms with Crippen LogP contribution in [-0.4, -0.2) is 55.8 Å². The number of aliphatic hydroxyl groups is 1. The van der Waals surface area contributed by atoms with Crippen LogP contribution in [0.2, 0.25) is 0 Å². The summed E-state index contributed by atoms with van der Waals surface area (Å²) in [5.74, 6) is 4.68.